The predicted molar refractivity (Wildman–Crippen MR) is 121 cm³/mol. The van der Waals surface area contributed by atoms with E-state index in [1.807, 2.05) is 12.1 Å². The van der Waals surface area contributed by atoms with Gasteiger partial charge in [0, 0.05) is 12.1 Å². The molecule has 3 nitrogen and oxygen atoms in total. The number of ether oxygens (including phenoxy) is 1. The van der Waals surface area contributed by atoms with Crippen LogP contribution in [-0.2, 0) is 4.74 Å². The number of rotatable bonds is 4. The summed E-state index contributed by atoms with van der Waals surface area (Å²) < 4.78 is 19.9. The van der Waals surface area contributed by atoms with Gasteiger partial charge in [-0.15, -0.1) is 0 Å². The highest BCUT2D eigenvalue weighted by Crippen LogP contribution is 2.50. The molecular weight excluding hydrogens is 375 g/mol. The average molecular weight is 417 g/mol. The van der Waals surface area contributed by atoms with Gasteiger partial charge in [0.25, 0.3) is 0 Å². The molecule has 1 aromatic rings. The van der Waals surface area contributed by atoms with Crippen LogP contribution in [0.15, 0.2) is 24.3 Å². The van der Waals surface area contributed by atoms with Crippen molar-refractivity contribution in [2.24, 2.45) is 17.3 Å². The van der Waals surface area contributed by atoms with Crippen molar-refractivity contribution >= 4 is 0 Å². The van der Waals surface area contributed by atoms with Gasteiger partial charge < -0.3 is 14.5 Å². The Bertz CT molecular complexity index is 673. The number of nitrogens with zero attached hydrogens (tertiary/aromatic N) is 2. The van der Waals surface area contributed by atoms with E-state index in [2.05, 4.69) is 37.5 Å². The fraction of sp³-hybridized carbons (Fsp3) is 0.769. The molecule has 0 aliphatic carbocycles. The summed E-state index contributed by atoms with van der Waals surface area (Å²) in [7, 11) is 0. The standard InChI is InChI=1S/C26H41FN2O/c1-19(2)24-17-26(18-30-25(24)21-5-7-22(27)8-6-21)11-15-29(16-12-26)23-9-13-28(14-10-23)20(3)4/h5-8,19-20,23-25H,9-18H2,1-4H3/t24-,25-/m1/s1. The highest BCUT2D eigenvalue weighted by molar-refractivity contribution is 5.20. The van der Waals surface area contributed by atoms with Crippen LogP contribution in [0.4, 0.5) is 4.39 Å². The minimum Gasteiger partial charge on any atom is -0.373 e. The first-order valence-corrected chi connectivity index (χ1v) is 12.2. The van der Waals surface area contributed by atoms with E-state index in [4.69, 9.17) is 4.74 Å². The number of hydrogen-bond donors (Lipinski definition) is 0. The van der Waals surface area contributed by atoms with Crippen molar-refractivity contribution in [1.29, 1.82) is 0 Å². The Labute approximate surface area is 183 Å². The van der Waals surface area contributed by atoms with Crippen molar-refractivity contribution in [3.8, 4) is 0 Å². The molecule has 0 unspecified atom stereocenters. The van der Waals surface area contributed by atoms with E-state index in [-0.39, 0.29) is 11.9 Å². The first-order valence-electron chi connectivity index (χ1n) is 12.2. The summed E-state index contributed by atoms with van der Waals surface area (Å²) in [6.45, 7) is 15.1. The molecule has 3 aliphatic heterocycles. The van der Waals surface area contributed by atoms with E-state index in [9.17, 15) is 4.39 Å². The maximum absolute atomic E-state index is 13.4. The van der Waals surface area contributed by atoms with E-state index in [0.29, 0.717) is 23.3 Å². The number of benzene rings is 1. The molecule has 0 amide bonds. The molecule has 0 aromatic heterocycles. The SMILES string of the molecule is CC(C)[C@H]1CC2(CCN(C3CCN(C(C)C)CC3)CC2)CO[C@@H]1c1ccc(F)cc1. The van der Waals surface area contributed by atoms with Crippen molar-refractivity contribution in [1.82, 2.24) is 9.80 Å². The second-order valence-electron chi connectivity index (χ2n) is 10.8. The zero-order chi connectivity index (χ0) is 21.3. The lowest BCUT2D eigenvalue weighted by Crippen LogP contribution is -2.53. The third-order valence-electron chi connectivity index (χ3n) is 8.29. The zero-order valence-corrected chi connectivity index (χ0v) is 19.4. The Morgan fingerprint density at radius 2 is 1.60 bits per heavy atom. The minimum atomic E-state index is -0.168. The fourth-order valence-corrected chi connectivity index (χ4v) is 6.12. The molecule has 1 spiro atoms. The molecule has 0 saturated carbocycles. The minimum absolute atomic E-state index is 0.106. The first kappa shape index (κ1) is 22.2. The third kappa shape index (κ3) is 4.76. The van der Waals surface area contributed by atoms with Gasteiger partial charge in [0.15, 0.2) is 0 Å². The third-order valence-corrected chi connectivity index (χ3v) is 8.29. The Hall–Kier alpha value is -0.970. The van der Waals surface area contributed by atoms with Gasteiger partial charge in [-0.1, -0.05) is 26.0 Å². The summed E-state index contributed by atoms with van der Waals surface area (Å²) in [6.07, 6.45) is 6.51. The topological polar surface area (TPSA) is 15.7 Å². The molecular formula is C26H41FN2O. The lowest BCUT2D eigenvalue weighted by atomic mass is 9.66. The molecule has 0 bridgehead atoms. The van der Waals surface area contributed by atoms with Crippen LogP contribution in [-0.4, -0.2) is 54.7 Å². The van der Waals surface area contributed by atoms with Crippen molar-refractivity contribution in [2.45, 2.75) is 78.0 Å². The molecule has 3 heterocycles. The van der Waals surface area contributed by atoms with Crippen LogP contribution in [0.3, 0.4) is 0 Å². The summed E-state index contributed by atoms with van der Waals surface area (Å²) in [4.78, 5) is 5.40. The molecule has 0 radical (unpaired) electrons. The van der Waals surface area contributed by atoms with E-state index in [0.717, 1.165) is 18.2 Å². The van der Waals surface area contributed by atoms with Gasteiger partial charge in [0.1, 0.15) is 5.82 Å². The highest BCUT2D eigenvalue weighted by atomic mass is 19.1. The van der Waals surface area contributed by atoms with Crippen molar-refractivity contribution in [2.75, 3.05) is 32.8 Å². The molecule has 2 atom stereocenters. The smallest absolute Gasteiger partial charge is 0.123 e. The quantitative estimate of drug-likeness (QED) is 0.643. The van der Waals surface area contributed by atoms with Crippen LogP contribution in [0, 0.1) is 23.1 Å². The molecule has 3 aliphatic rings. The van der Waals surface area contributed by atoms with Gasteiger partial charge in [-0.2, -0.15) is 0 Å². The largest absolute Gasteiger partial charge is 0.373 e. The molecule has 168 valence electrons. The fourth-order valence-electron chi connectivity index (χ4n) is 6.12. The second-order valence-corrected chi connectivity index (χ2v) is 10.8. The van der Waals surface area contributed by atoms with Crippen LogP contribution in [0.1, 0.15) is 71.5 Å². The summed E-state index contributed by atoms with van der Waals surface area (Å²) in [6, 6.07) is 8.43. The molecule has 4 rings (SSSR count). The van der Waals surface area contributed by atoms with Crippen LogP contribution in [0.2, 0.25) is 0 Å². The number of piperidine rings is 2. The van der Waals surface area contributed by atoms with E-state index in [1.54, 1.807) is 12.1 Å². The summed E-state index contributed by atoms with van der Waals surface area (Å²) in [5.41, 5.74) is 1.47. The zero-order valence-electron chi connectivity index (χ0n) is 19.4. The predicted octanol–water partition coefficient (Wildman–Crippen LogP) is 5.51. The van der Waals surface area contributed by atoms with Gasteiger partial charge >= 0.3 is 0 Å². The Kier molecular flexibility index (Phi) is 6.86. The molecule has 3 fully saturated rings. The van der Waals surface area contributed by atoms with E-state index in [1.165, 1.54) is 58.3 Å². The molecule has 30 heavy (non-hydrogen) atoms. The van der Waals surface area contributed by atoms with Crippen molar-refractivity contribution < 1.29 is 9.13 Å². The Balaban J connectivity index is 1.36. The maximum atomic E-state index is 13.4. The van der Waals surface area contributed by atoms with Gasteiger partial charge in [-0.3, -0.25) is 0 Å². The Morgan fingerprint density at radius 3 is 2.17 bits per heavy atom. The van der Waals surface area contributed by atoms with Crippen molar-refractivity contribution in [3.63, 3.8) is 0 Å². The van der Waals surface area contributed by atoms with Crippen LogP contribution in [0.5, 0.6) is 0 Å². The monoisotopic (exact) mass is 416 g/mol. The molecule has 4 heteroatoms. The van der Waals surface area contributed by atoms with Crippen LogP contribution in [0.25, 0.3) is 0 Å². The molecule has 3 saturated heterocycles. The maximum Gasteiger partial charge on any atom is 0.123 e. The van der Waals surface area contributed by atoms with Gasteiger partial charge in [-0.25, -0.2) is 4.39 Å². The summed E-state index contributed by atoms with van der Waals surface area (Å²) in [5.74, 6) is 0.902. The Morgan fingerprint density at radius 1 is 0.967 bits per heavy atom. The second kappa shape index (κ2) is 9.26. The van der Waals surface area contributed by atoms with Crippen LogP contribution >= 0.6 is 0 Å². The number of likely N-dealkylation sites (tertiary alicyclic amines) is 2. The van der Waals surface area contributed by atoms with Gasteiger partial charge in [0.05, 0.1) is 12.7 Å². The number of halogens is 1. The van der Waals surface area contributed by atoms with Gasteiger partial charge in [0.2, 0.25) is 0 Å². The van der Waals surface area contributed by atoms with E-state index < -0.39 is 0 Å². The summed E-state index contributed by atoms with van der Waals surface area (Å²) in [5, 5.41) is 0. The van der Waals surface area contributed by atoms with Gasteiger partial charge in [-0.05, 0) is 107 Å². The summed E-state index contributed by atoms with van der Waals surface area (Å²) >= 11 is 0. The normalized spacial score (nSPS) is 29.2. The highest BCUT2D eigenvalue weighted by Gasteiger charge is 2.45. The lowest BCUT2D eigenvalue weighted by Gasteiger charge is -2.51. The number of hydrogen-bond acceptors (Lipinski definition) is 3. The molecule has 0 N–H and O–H groups in total. The van der Waals surface area contributed by atoms with E-state index >= 15 is 0 Å². The van der Waals surface area contributed by atoms with Crippen molar-refractivity contribution in [3.05, 3.63) is 35.6 Å². The molecule has 1 aromatic carbocycles. The van der Waals surface area contributed by atoms with Crippen LogP contribution < -0.4 is 0 Å². The lowest BCUT2D eigenvalue weighted by molar-refractivity contribution is -0.134. The average Bonchev–Trinajstić information content (AvgIpc) is 2.75. The first-order chi connectivity index (χ1) is 14.4.